The summed E-state index contributed by atoms with van der Waals surface area (Å²) in [5, 5.41) is 0. The van der Waals surface area contributed by atoms with Crippen molar-refractivity contribution in [1.29, 1.82) is 0 Å². The summed E-state index contributed by atoms with van der Waals surface area (Å²) < 4.78 is 5.37. The number of hydrogen-bond acceptors (Lipinski definition) is 2. The summed E-state index contributed by atoms with van der Waals surface area (Å²) in [5.41, 5.74) is 10.2. The lowest BCUT2D eigenvalue weighted by Gasteiger charge is -2.29. The van der Waals surface area contributed by atoms with Crippen LogP contribution in [-0.4, -0.2) is 7.11 Å². The van der Waals surface area contributed by atoms with E-state index in [1.165, 1.54) is 48.8 Å². The van der Waals surface area contributed by atoms with E-state index in [1.807, 2.05) is 0 Å². The minimum atomic E-state index is 0.190. The smallest absolute Gasteiger partial charge is 0.122 e. The second-order valence-electron chi connectivity index (χ2n) is 5.60. The molecule has 2 rings (SSSR count). The summed E-state index contributed by atoms with van der Waals surface area (Å²) in [6.45, 7) is 4.23. The standard InChI is InChI=1S/C16H25NO/c1-11-10-15(18-3)12(2)9-14(11)16(17)13-7-5-4-6-8-13/h9-10,13,16H,4-8,17H2,1-3H3. The van der Waals surface area contributed by atoms with Crippen molar-refractivity contribution in [2.75, 3.05) is 7.11 Å². The Labute approximate surface area is 111 Å². The van der Waals surface area contributed by atoms with Gasteiger partial charge in [0.2, 0.25) is 0 Å². The molecule has 0 amide bonds. The number of ether oxygens (including phenoxy) is 1. The molecule has 0 spiro atoms. The largest absolute Gasteiger partial charge is 0.496 e. The first-order valence-electron chi connectivity index (χ1n) is 7.04. The molecule has 1 fully saturated rings. The van der Waals surface area contributed by atoms with E-state index in [0.29, 0.717) is 5.92 Å². The van der Waals surface area contributed by atoms with Crippen LogP contribution in [0.1, 0.15) is 54.8 Å². The Morgan fingerprint density at radius 1 is 1.11 bits per heavy atom. The van der Waals surface area contributed by atoms with Gasteiger partial charge >= 0.3 is 0 Å². The Kier molecular flexibility index (Phi) is 4.28. The molecule has 1 unspecified atom stereocenters. The van der Waals surface area contributed by atoms with Crippen LogP contribution in [0.3, 0.4) is 0 Å². The first-order chi connectivity index (χ1) is 8.63. The molecule has 2 N–H and O–H groups in total. The van der Waals surface area contributed by atoms with E-state index >= 15 is 0 Å². The Balaban J connectivity index is 2.23. The molecule has 2 nitrogen and oxygen atoms in total. The fourth-order valence-corrected chi connectivity index (χ4v) is 3.14. The second-order valence-corrected chi connectivity index (χ2v) is 5.60. The maximum atomic E-state index is 6.49. The van der Waals surface area contributed by atoms with Gasteiger partial charge in [-0.25, -0.2) is 0 Å². The number of hydrogen-bond donors (Lipinski definition) is 1. The Bertz CT molecular complexity index is 408. The molecule has 0 aliphatic heterocycles. The molecule has 0 radical (unpaired) electrons. The van der Waals surface area contributed by atoms with Crippen LogP contribution < -0.4 is 10.5 Å². The van der Waals surface area contributed by atoms with Gasteiger partial charge in [-0.2, -0.15) is 0 Å². The molecule has 0 aromatic heterocycles. The van der Waals surface area contributed by atoms with Crippen molar-refractivity contribution in [3.05, 3.63) is 28.8 Å². The first kappa shape index (κ1) is 13.4. The molecule has 1 aromatic rings. The van der Waals surface area contributed by atoms with Crippen molar-refractivity contribution in [3.8, 4) is 5.75 Å². The van der Waals surface area contributed by atoms with Crippen LogP contribution in [0.2, 0.25) is 0 Å². The van der Waals surface area contributed by atoms with Crippen LogP contribution in [0.5, 0.6) is 5.75 Å². The lowest BCUT2D eigenvalue weighted by atomic mass is 9.80. The van der Waals surface area contributed by atoms with Gasteiger partial charge < -0.3 is 10.5 Å². The highest BCUT2D eigenvalue weighted by molar-refractivity contribution is 5.43. The molecule has 18 heavy (non-hydrogen) atoms. The zero-order chi connectivity index (χ0) is 13.1. The van der Waals surface area contributed by atoms with Crippen molar-refractivity contribution < 1.29 is 4.74 Å². The van der Waals surface area contributed by atoms with Crippen molar-refractivity contribution >= 4 is 0 Å². The van der Waals surface area contributed by atoms with Gasteiger partial charge in [-0.3, -0.25) is 0 Å². The van der Waals surface area contributed by atoms with E-state index in [1.54, 1.807) is 7.11 Å². The number of nitrogens with two attached hydrogens (primary N) is 1. The fraction of sp³-hybridized carbons (Fsp3) is 0.625. The zero-order valence-electron chi connectivity index (χ0n) is 11.8. The summed E-state index contributed by atoms with van der Waals surface area (Å²) in [6, 6.07) is 4.52. The van der Waals surface area contributed by atoms with Gasteiger partial charge in [0, 0.05) is 6.04 Å². The number of methoxy groups -OCH3 is 1. The monoisotopic (exact) mass is 247 g/mol. The average molecular weight is 247 g/mol. The highest BCUT2D eigenvalue weighted by atomic mass is 16.5. The Morgan fingerprint density at radius 3 is 2.39 bits per heavy atom. The molecule has 1 aliphatic carbocycles. The molecule has 1 saturated carbocycles. The molecule has 0 bridgehead atoms. The van der Waals surface area contributed by atoms with E-state index in [-0.39, 0.29) is 6.04 Å². The SMILES string of the molecule is COc1cc(C)c(C(N)C2CCCCC2)cc1C. The molecule has 1 aliphatic rings. The number of benzene rings is 1. The molecule has 2 heteroatoms. The highest BCUT2D eigenvalue weighted by Gasteiger charge is 2.23. The predicted octanol–water partition coefficient (Wildman–Crippen LogP) is 3.89. The van der Waals surface area contributed by atoms with Crippen molar-refractivity contribution in [2.45, 2.75) is 52.0 Å². The quantitative estimate of drug-likeness (QED) is 0.879. The summed E-state index contributed by atoms with van der Waals surface area (Å²) in [7, 11) is 1.72. The van der Waals surface area contributed by atoms with Gasteiger partial charge in [-0.1, -0.05) is 25.3 Å². The molecule has 1 aromatic carbocycles. The molecular formula is C16H25NO. The normalized spacial score (nSPS) is 18.7. The Morgan fingerprint density at radius 2 is 1.78 bits per heavy atom. The van der Waals surface area contributed by atoms with Gasteiger partial charge in [-0.15, -0.1) is 0 Å². The van der Waals surface area contributed by atoms with Crippen molar-refractivity contribution in [1.82, 2.24) is 0 Å². The molecular weight excluding hydrogens is 222 g/mol. The fourth-order valence-electron chi connectivity index (χ4n) is 3.14. The molecule has 1 atom stereocenters. The van der Waals surface area contributed by atoms with Gasteiger partial charge in [0.15, 0.2) is 0 Å². The lowest BCUT2D eigenvalue weighted by molar-refractivity contribution is 0.307. The van der Waals surface area contributed by atoms with Gasteiger partial charge in [0.1, 0.15) is 5.75 Å². The predicted molar refractivity (Wildman–Crippen MR) is 76.0 cm³/mol. The maximum absolute atomic E-state index is 6.49. The Hall–Kier alpha value is -1.02. The lowest BCUT2D eigenvalue weighted by Crippen LogP contribution is -2.24. The van der Waals surface area contributed by atoms with Gasteiger partial charge in [0.25, 0.3) is 0 Å². The van der Waals surface area contributed by atoms with E-state index < -0.39 is 0 Å². The van der Waals surface area contributed by atoms with Gasteiger partial charge in [-0.05, 0) is 55.4 Å². The van der Waals surface area contributed by atoms with Gasteiger partial charge in [0.05, 0.1) is 7.11 Å². The molecule has 100 valence electrons. The highest BCUT2D eigenvalue weighted by Crippen LogP contribution is 2.35. The summed E-state index contributed by atoms with van der Waals surface area (Å²) in [5.74, 6) is 1.62. The van der Waals surface area contributed by atoms with Crippen molar-refractivity contribution in [3.63, 3.8) is 0 Å². The van der Waals surface area contributed by atoms with Crippen LogP contribution in [0.25, 0.3) is 0 Å². The van der Waals surface area contributed by atoms with Crippen LogP contribution in [0.4, 0.5) is 0 Å². The van der Waals surface area contributed by atoms with Crippen LogP contribution in [0, 0.1) is 19.8 Å². The maximum Gasteiger partial charge on any atom is 0.122 e. The average Bonchev–Trinajstić information content (AvgIpc) is 2.41. The van der Waals surface area contributed by atoms with Crippen molar-refractivity contribution in [2.24, 2.45) is 11.7 Å². The van der Waals surface area contributed by atoms with E-state index in [4.69, 9.17) is 10.5 Å². The number of rotatable bonds is 3. The van der Waals surface area contributed by atoms with Crippen LogP contribution >= 0.6 is 0 Å². The van der Waals surface area contributed by atoms with E-state index in [2.05, 4.69) is 26.0 Å². The topological polar surface area (TPSA) is 35.2 Å². The zero-order valence-corrected chi connectivity index (χ0v) is 11.8. The number of aryl methyl sites for hydroxylation is 2. The minimum Gasteiger partial charge on any atom is -0.496 e. The second kappa shape index (κ2) is 5.75. The minimum absolute atomic E-state index is 0.190. The van der Waals surface area contributed by atoms with Crippen LogP contribution in [-0.2, 0) is 0 Å². The third kappa shape index (κ3) is 2.69. The summed E-state index contributed by atoms with van der Waals surface area (Å²) in [6.07, 6.45) is 6.63. The third-order valence-corrected chi connectivity index (χ3v) is 4.30. The molecule has 0 heterocycles. The first-order valence-corrected chi connectivity index (χ1v) is 7.04. The summed E-state index contributed by atoms with van der Waals surface area (Å²) >= 11 is 0. The van der Waals surface area contributed by atoms with Crippen LogP contribution in [0.15, 0.2) is 12.1 Å². The third-order valence-electron chi connectivity index (χ3n) is 4.30. The molecule has 0 saturated heterocycles. The van der Waals surface area contributed by atoms with E-state index in [0.717, 1.165) is 5.75 Å². The van der Waals surface area contributed by atoms with E-state index in [9.17, 15) is 0 Å². The summed E-state index contributed by atoms with van der Waals surface area (Å²) in [4.78, 5) is 0.